The Kier molecular flexibility index (Phi) is 6.35. The van der Waals surface area contributed by atoms with E-state index in [1.807, 2.05) is 13.8 Å². The molecule has 102 valence electrons. The fourth-order valence-corrected chi connectivity index (χ4v) is 1.68. The second-order valence-corrected chi connectivity index (χ2v) is 4.17. The zero-order valence-electron chi connectivity index (χ0n) is 11.0. The van der Waals surface area contributed by atoms with Gasteiger partial charge in [0.1, 0.15) is 0 Å². The first-order valence-electron chi connectivity index (χ1n) is 6.42. The van der Waals surface area contributed by atoms with E-state index in [1.165, 1.54) is 0 Å². The summed E-state index contributed by atoms with van der Waals surface area (Å²) < 4.78 is 5.34. The second-order valence-electron chi connectivity index (χ2n) is 4.17. The van der Waals surface area contributed by atoms with E-state index in [1.54, 1.807) is 0 Å². The molecule has 0 spiro atoms. The molecule has 0 aliphatic carbocycles. The van der Waals surface area contributed by atoms with Gasteiger partial charge in [-0.05, 0) is 25.7 Å². The molecule has 1 fully saturated rings. The van der Waals surface area contributed by atoms with Crippen molar-refractivity contribution in [3.63, 3.8) is 0 Å². The molecule has 1 aliphatic heterocycles. The predicted molar refractivity (Wildman–Crippen MR) is 68.1 cm³/mol. The van der Waals surface area contributed by atoms with Crippen LogP contribution in [-0.2, 0) is 14.3 Å². The lowest BCUT2D eigenvalue weighted by Gasteiger charge is -2.09. The molecule has 1 heterocycles. The fraction of sp³-hybridized carbons (Fsp3) is 0.750. The van der Waals surface area contributed by atoms with Crippen LogP contribution in [0.3, 0.4) is 0 Å². The molecule has 6 nitrogen and oxygen atoms in total. The highest BCUT2D eigenvalue weighted by atomic mass is 16.5. The van der Waals surface area contributed by atoms with Crippen LogP contribution in [0.25, 0.3) is 0 Å². The molecule has 1 rings (SSSR count). The highest BCUT2D eigenvalue weighted by Crippen LogP contribution is 2.10. The standard InChI is InChI=1S/C12H21N3O3/c1-3-9(4-2)14-15-12(17)11(16)13-8-10-6-5-7-18-10/h10H,3-8H2,1-2H3,(H,13,16)(H,15,17)/t10-/m0/s1. The third-order valence-corrected chi connectivity index (χ3v) is 2.85. The topological polar surface area (TPSA) is 79.8 Å². The van der Waals surface area contributed by atoms with E-state index < -0.39 is 11.8 Å². The summed E-state index contributed by atoms with van der Waals surface area (Å²) in [5.74, 6) is -1.40. The van der Waals surface area contributed by atoms with Crippen LogP contribution in [-0.4, -0.2) is 36.8 Å². The molecule has 18 heavy (non-hydrogen) atoms. The first-order chi connectivity index (χ1) is 8.67. The number of rotatable bonds is 5. The minimum Gasteiger partial charge on any atom is -0.376 e. The van der Waals surface area contributed by atoms with E-state index in [-0.39, 0.29) is 6.10 Å². The summed E-state index contributed by atoms with van der Waals surface area (Å²) in [5.41, 5.74) is 3.11. The van der Waals surface area contributed by atoms with Crippen LogP contribution in [0.4, 0.5) is 0 Å². The Balaban J connectivity index is 2.27. The summed E-state index contributed by atoms with van der Waals surface area (Å²) in [6, 6.07) is 0. The highest BCUT2D eigenvalue weighted by Gasteiger charge is 2.18. The van der Waals surface area contributed by atoms with Gasteiger partial charge in [0.15, 0.2) is 0 Å². The number of amides is 2. The predicted octanol–water partition coefficient (Wildman–Crippen LogP) is 0.574. The van der Waals surface area contributed by atoms with Crippen molar-refractivity contribution in [1.29, 1.82) is 0 Å². The van der Waals surface area contributed by atoms with E-state index in [0.29, 0.717) is 6.54 Å². The van der Waals surface area contributed by atoms with E-state index >= 15 is 0 Å². The smallest absolute Gasteiger partial charge is 0.329 e. The van der Waals surface area contributed by atoms with Crippen molar-refractivity contribution < 1.29 is 14.3 Å². The number of hydrogen-bond donors (Lipinski definition) is 2. The zero-order valence-corrected chi connectivity index (χ0v) is 11.0. The molecule has 1 atom stereocenters. The molecule has 0 aromatic rings. The first-order valence-corrected chi connectivity index (χ1v) is 6.42. The molecule has 0 bridgehead atoms. The van der Waals surface area contributed by atoms with Crippen molar-refractivity contribution in [3.05, 3.63) is 0 Å². The van der Waals surface area contributed by atoms with Crippen molar-refractivity contribution in [3.8, 4) is 0 Å². The Labute approximate surface area is 107 Å². The van der Waals surface area contributed by atoms with E-state index in [9.17, 15) is 9.59 Å². The Morgan fingerprint density at radius 2 is 2.00 bits per heavy atom. The van der Waals surface area contributed by atoms with Crippen molar-refractivity contribution >= 4 is 17.5 Å². The highest BCUT2D eigenvalue weighted by molar-refractivity contribution is 6.35. The fourth-order valence-electron chi connectivity index (χ4n) is 1.68. The van der Waals surface area contributed by atoms with Gasteiger partial charge in [0.25, 0.3) is 0 Å². The monoisotopic (exact) mass is 255 g/mol. The van der Waals surface area contributed by atoms with Gasteiger partial charge in [-0.3, -0.25) is 9.59 Å². The lowest BCUT2D eigenvalue weighted by Crippen LogP contribution is -2.41. The number of carbonyl (C=O) groups excluding carboxylic acids is 2. The summed E-state index contributed by atoms with van der Waals surface area (Å²) in [6.45, 7) is 5.01. The zero-order chi connectivity index (χ0) is 13.4. The minimum atomic E-state index is -0.729. The molecule has 0 radical (unpaired) electrons. The molecule has 1 saturated heterocycles. The van der Waals surface area contributed by atoms with Crippen molar-refractivity contribution in [2.45, 2.75) is 45.6 Å². The van der Waals surface area contributed by atoms with Crippen molar-refractivity contribution in [1.82, 2.24) is 10.7 Å². The quantitative estimate of drug-likeness (QED) is 0.428. The van der Waals surface area contributed by atoms with Crippen LogP contribution in [0.1, 0.15) is 39.5 Å². The molecular formula is C12H21N3O3. The van der Waals surface area contributed by atoms with Crippen LogP contribution in [0.15, 0.2) is 5.10 Å². The van der Waals surface area contributed by atoms with Crippen molar-refractivity contribution in [2.24, 2.45) is 5.10 Å². The van der Waals surface area contributed by atoms with Gasteiger partial charge in [-0.15, -0.1) is 0 Å². The summed E-state index contributed by atoms with van der Waals surface area (Å²) in [4.78, 5) is 22.9. The normalized spacial score (nSPS) is 18.2. The Morgan fingerprint density at radius 3 is 2.56 bits per heavy atom. The van der Waals surface area contributed by atoms with Crippen LogP contribution < -0.4 is 10.7 Å². The Hall–Kier alpha value is -1.43. The van der Waals surface area contributed by atoms with Gasteiger partial charge in [0.2, 0.25) is 0 Å². The summed E-state index contributed by atoms with van der Waals surface area (Å²) >= 11 is 0. The third kappa shape index (κ3) is 4.83. The Morgan fingerprint density at radius 1 is 1.28 bits per heavy atom. The van der Waals surface area contributed by atoms with Crippen LogP contribution in [0.2, 0.25) is 0 Å². The summed E-state index contributed by atoms with van der Waals surface area (Å²) in [5, 5.41) is 6.43. The maximum Gasteiger partial charge on any atom is 0.329 e. The SMILES string of the molecule is CCC(CC)=NNC(=O)C(=O)NC[C@@H]1CCCO1. The molecule has 6 heteroatoms. The second kappa shape index (κ2) is 7.81. The van der Waals surface area contributed by atoms with Crippen LogP contribution >= 0.6 is 0 Å². The maximum absolute atomic E-state index is 11.4. The molecule has 1 aliphatic rings. The molecule has 0 aromatic heterocycles. The summed E-state index contributed by atoms with van der Waals surface area (Å²) in [7, 11) is 0. The molecule has 0 aromatic carbocycles. The summed E-state index contributed by atoms with van der Waals surface area (Å²) in [6.07, 6.45) is 3.48. The van der Waals surface area contributed by atoms with Gasteiger partial charge in [-0.25, -0.2) is 5.43 Å². The maximum atomic E-state index is 11.4. The molecule has 0 unspecified atom stereocenters. The van der Waals surface area contributed by atoms with Crippen LogP contribution in [0, 0.1) is 0 Å². The van der Waals surface area contributed by atoms with Gasteiger partial charge in [0.05, 0.1) is 6.10 Å². The van der Waals surface area contributed by atoms with E-state index in [0.717, 1.165) is 38.0 Å². The average molecular weight is 255 g/mol. The van der Waals surface area contributed by atoms with Gasteiger partial charge >= 0.3 is 11.8 Å². The lowest BCUT2D eigenvalue weighted by molar-refractivity contribution is -0.139. The number of hydrogen-bond acceptors (Lipinski definition) is 4. The number of carbonyl (C=O) groups is 2. The van der Waals surface area contributed by atoms with Gasteiger partial charge in [0, 0.05) is 18.9 Å². The van der Waals surface area contributed by atoms with Gasteiger partial charge in [-0.1, -0.05) is 13.8 Å². The molecular weight excluding hydrogens is 234 g/mol. The van der Waals surface area contributed by atoms with Crippen molar-refractivity contribution in [2.75, 3.05) is 13.2 Å². The van der Waals surface area contributed by atoms with Crippen LogP contribution in [0.5, 0.6) is 0 Å². The first kappa shape index (κ1) is 14.6. The molecule has 2 amide bonds. The number of hydrazone groups is 1. The number of ether oxygens (including phenoxy) is 1. The van der Waals surface area contributed by atoms with E-state index in [4.69, 9.17) is 4.74 Å². The third-order valence-electron chi connectivity index (χ3n) is 2.85. The molecule has 2 N–H and O–H groups in total. The largest absolute Gasteiger partial charge is 0.376 e. The minimum absolute atomic E-state index is 0.0343. The lowest BCUT2D eigenvalue weighted by atomic mass is 10.2. The van der Waals surface area contributed by atoms with Gasteiger partial charge in [-0.2, -0.15) is 5.10 Å². The van der Waals surface area contributed by atoms with E-state index in [2.05, 4.69) is 15.8 Å². The molecule has 0 saturated carbocycles. The Bertz CT molecular complexity index is 317. The van der Waals surface area contributed by atoms with Gasteiger partial charge < -0.3 is 10.1 Å². The number of nitrogens with one attached hydrogen (secondary N) is 2. The number of nitrogens with zero attached hydrogens (tertiary/aromatic N) is 1. The average Bonchev–Trinajstić information content (AvgIpc) is 2.90.